The first-order chi connectivity index (χ1) is 13.0. The number of carbonyl (C=O) groups excluding carboxylic acids is 2. The zero-order valence-corrected chi connectivity index (χ0v) is 15.0. The fourth-order valence-corrected chi connectivity index (χ4v) is 2.69. The van der Waals surface area contributed by atoms with Gasteiger partial charge in [-0.1, -0.05) is 30.3 Å². The maximum atomic E-state index is 12.5. The zero-order valence-electron chi connectivity index (χ0n) is 15.0. The van der Waals surface area contributed by atoms with E-state index in [2.05, 4.69) is 9.72 Å². The van der Waals surface area contributed by atoms with Gasteiger partial charge in [0, 0.05) is 19.2 Å². The molecule has 1 heterocycles. The Morgan fingerprint density at radius 1 is 1.15 bits per heavy atom. The number of benzene rings is 2. The Hall–Kier alpha value is -3.55. The summed E-state index contributed by atoms with van der Waals surface area (Å²) in [6, 6.07) is 14.1. The van der Waals surface area contributed by atoms with E-state index in [1.54, 1.807) is 17.0 Å². The van der Waals surface area contributed by atoms with Crippen molar-refractivity contribution in [1.82, 2.24) is 14.5 Å². The summed E-state index contributed by atoms with van der Waals surface area (Å²) in [7, 11) is 1.18. The third-order valence-corrected chi connectivity index (χ3v) is 4.07. The number of ether oxygens (including phenoxy) is 2. The first kappa shape index (κ1) is 18.2. The van der Waals surface area contributed by atoms with Crippen molar-refractivity contribution in [2.75, 3.05) is 13.7 Å². The number of carbonyl (C=O) groups is 2. The fourth-order valence-electron chi connectivity index (χ4n) is 2.69. The molecule has 0 saturated heterocycles. The number of hydrogen-bond donors (Lipinski definition) is 1. The highest BCUT2D eigenvalue weighted by molar-refractivity contribution is 5.87. The van der Waals surface area contributed by atoms with Crippen LogP contribution in [-0.4, -0.2) is 40.3 Å². The molecule has 3 rings (SSSR count). The second-order valence-corrected chi connectivity index (χ2v) is 5.78. The van der Waals surface area contributed by atoms with Crippen LogP contribution < -0.4 is 10.4 Å². The SMILES string of the molecule is CCN(Cc1ccccc1)C(=O)Oc1ccc2[nH]c(=O)n(C(=O)OC)c2c1. The third kappa shape index (κ3) is 3.84. The van der Waals surface area contributed by atoms with Crippen molar-refractivity contribution in [3.05, 3.63) is 64.6 Å². The molecule has 8 nitrogen and oxygen atoms in total. The van der Waals surface area contributed by atoms with Crippen LogP contribution in [0.4, 0.5) is 9.59 Å². The third-order valence-electron chi connectivity index (χ3n) is 4.07. The maximum Gasteiger partial charge on any atom is 0.422 e. The summed E-state index contributed by atoms with van der Waals surface area (Å²) in [4.78, 5) is 40.3. The Bertz CT molecular complexity index is 1020. The van der Waals surface area contributed by atoms with E-state index < -0.39 is 17.9 Å². The van der Waals surface area contributed by atoms with E-state index >= 15 is 0 Å². The van der Waals surface area contributed by atoms with Crippen molar-refractivity contribution in [2.24, 2.45) is 0 Å². The van der Waals surface area contributed by atoms with Gasteiger partial charge in [0.05, 0.1) is 18.1 Å². The summed E-state index contributed by atoms with van der Waals surface area (Å²) in [5, 5.41) is 0. The molecule has 0 radical (unpaired) electrons. The van der Waals surface area contributed by atoms with Crippen LogP contribution in [0.5, 0.6) is 5.75 Å². The van der Waals surface area contributed by atoms with Crippen molar-refractivity contribution < 1.29 is 19.1 Å². The van der Waals surface area contributed by atoms with E-state index in [-0.39, 0.29) is 11.3 Å². The van der Waals surface area contributed by atoms with E-state index in [1.165, 1.54) is 13.2 Å². The molecule has 1 aromatic heterocycles. The van der Waals surface area contributed by atoms with Gasteiger partial charge in [0.15, 0.2) is 0 Å². The number of nitrogens with zero attached hydrogens (tertiary/aromatic N) is 2. The molecule has 2 aromatic carbocycles. The average molecular weight is 369 g/mol. The topological polar surface area (TPSA) is 93.6 Å². The summed E-state index contributed by atoms with van der Waals surface area (Å²) in [6.45, 7) is 2.73. The summed E-state index contributed by atoms with van der Waals surface area (Å²) < 4.78 is 10.9. The van der Waals surface area contributed by atoms with Crippen molar-refractivity contribution in [2.45, 2.75) is 13.5 Å². The number of fused-ring (bicyclic) bond motifs is 1. The lowest BCUT2D eigenvalue weighted by molar-refractivity contribution is 0.152. The Kier molecular flexibility index (Phi) is 5.25. The van der Waals surface area contributed by atoms with Gasteiger partial charge in [0.25, 0.3) is 0 Å². The molecule has 0 saturated carbocycles. The lowest BCUT2D eigenvalue weighted by Crippen LogP contribution is -2.32. The number of imidazole rings is 1. The zero-order chi connectivity index (χ0) is 19.4. The number of amides is 1. The number of aromatic amines is 1. The average Bonchev–Trinajstić information content (AvgIpc) is 3.01. The number of nitrogens with one attached hydrogen (secondary N) is 1. The highest BCUT2D eigenvalue weighted by Crippen LogP contribution is 2.20. The molecule has 0 bridgehead atoms. The van der Waals surface area contributed by atoms with Crippen LogP contribution in [0.15, 0.2) is 53.3 Å². The lowest BCUT2D eigenvalue weighted by Gasteiger charge is -2.20. The number of methoxy groups -OCH3 is 1. The van der Waals surface area contributed by atoms with Gasteiger partial charge < -0.3 is 19.4 Å². The van der Waals surface area contributed by atoms with Gasteiger partial charge in [-0.2, -0.15) is 4.57 Å². The molecule has 0 aliphatic rings. The van der Waals surface area contributed by atoms with Gasteiger partial charge in [-0.05, 0) is 24.6 Å². The van der Waals surface area contributed by atoms with Crippen LogP contribution in [0, 0.1) is 0 Å². The maximum absolute atomic E-state index is 12.5. The quantitative estimate of drug-likeness (QED) is 0.763. The van der Waals surface area contributed by atoms with E-state index in [1.807, 2.05) is 37.3 Å². The van der Waals surface area contributed by atoms with Crippen molar-refractivity contribution in [3.63, 3.8) is 0 Å². The summed E-state index contributed by atoms with van der Waals surface area (Å²) in [5.74, 6) is 0.218. The Morgan fingerprint density at radius 2 is 1.89 bits per heavy atom. The second-order valence-electron chi connectivity index (χ2n) is 5.78. The van der Waals surface area contributed by atoms with Crippen molar-refractivity contribution in [1.29, 1.82) is 0 Å². The molecule has 0 spiro atoms. The van der Waals surface area contributed by atoms with Gasteiger partial charge in [-0.15, -0.1) is 0 Å². The minimum Gasteiger partial charge on any atom is -0.452 e. The molecule has 0 aliphatic carbocycles. The van der Waals surface area contributed by atoms with Crippen LogP contribution >= 0.6 is 0 Å². The first-order valence-corrected chi connectivity index (χ1v) is 8.37. The minimum absolute atomic E-state index is 0.218. The molecule has 140 valence electrons. The molecule has 1 N–H and O–H groups in total. The molecule has 27 heavy (non-hydrogen) atoms. The molecule has 0 aliphatic heterocycles. The molecule has 1 amide bonds. The van der Waals surface area contributed by atoms with E-state index in [9.17, 15) is 14.4 Å². The smallest absolute Gasteiger partial charge is 0.422 e. The number of aromatic nitrogens is 2. The number of rotatable bonds is 4. The Balaban J connectivity index is 1.83. The highest BCUT2D eigenvalue weighted by Gasteiger charge is 2.18. The molecule has 0 atom stereocenters. The standard InChI is InChI=1S/C19H19N3O5/c1-3-21(12-13-7-5-4-6-8-13)18(24)27-14-9-10-15-16(11-14)22(17(23)20-15)19(25)26-2/h4-11H,3,12H2,1-2H3,(H,20,23). The van der Waals surface area contributed by atoms with Gasteiger partial charge in [-0.25, -0.2) is 14.4 Å². The van der Waals surface area contributed by atoms with Gasteiger partial charge in [0.2, 0.25) is 0 Å². The Morgan fingerprint density at radius 3 is 2.56 bits per heavy atom. The number of H-pyrrole nitrogens is 1. The van der Waals surface area contributed by atoms with E-state index in [0.29, 0.717) is 18.6 Å². The predicted octanol–water partition coefficient (Wildman–Crippen LogP) is 2.97. The van der Waals surface area contributed by atoms with Crippen LogP contribution in [0.2, 0.25) is 0 Å². The molecular weight excluding hydrogens is 350 g/mol. The van der Waals surface area contributed by atoms with Gasteiger partial charge >= 0.3 is 17.9 Å². The van der Waals surface area contributed by atoms with Crippen LogP contribution in [0.3, 0.4) is 0 Å². The summed E-state index contributed by atoms with van der Waals surface area (Å²) in [6.07, 6.45) is -1.35. The Labute approximate surface area is 154 Å². The molecule has 0 fully saturated rings. The molecule has 8 heteroatoms. The van der Waals surface area contributed by atoms with Crippen LogP contribution in [-0.2, 0) is 11.3 Å². The summed E-state index contributed by atoms with van der Waals surface area (Å²) >= 11 is 0. The lowest BCUT2D eigenvalue weighted by atomic mass is 10.2. The van der Waals surface area contributed by atoms with Crippen molar-refractivity contribution >= 4 is 23.2 Å². The van der Waals surface area contributed by atoms with Gasteiger partial charge in [-0.3, -0.25) is 0 Å². The van der Waals surface area contributed by atoms with E-state index in [4.69, 9.17) is 4.74 Å². The molecule has 0 unspecified atom stereocenters. The van der Waals surface area contributed by atoms with Gasteiger partial charge in [0.1, 0.15) is 5.75 Å². The highest BCUT2D eigenvalue weighted by atomic mass is 16.6. The monoisotopic (exact) mass is 369 g/mol. The fraction of sp³-hybridized carbons (Fsp3) is 0.211. The summed E-state index contributed by atoms with van der Waals surface area (Å²) in [5.41, 5.74) is 1.06. The second kappa shape index (κ2) is 7.77. The normalized spacial score (nSPS) is 10.6. The molecular formula is C19H19N3O5. The number of hydrogen-bond acceptors (Lipinski definition) is 5. The van der Waals surface area contributed by atoms with E-state index in [0.717, 1.165) is 10.1 Å². The van der Waals surface area contributed by atoms with Crippen molar-refractivity contribution in [3.8, 4) is 5.75 Å². The minimum atomic E-state index is -0.825. The van der Waals surface area contributed by atoms with Crippen LogP contribution in [0.25, 0.3) is 11.0 Å². The molecule has 3 aromatic rings. The van der Waals surface area contributed by atoms with Crippen LogP contribution in [0.1, 0.15) is 12.5 Å². The largest absolute Gasteiger partial charge is 0.452 e. The first-order valence-electron chi connectivity index (χ1n) is 8.37. The predicted molar refractivity (Wildman–Crippen MR) is 98.9 cm³/mol.